The van der Waals surface area contributed by atoms with Crippen LogP contribution in [-0.4, -0.2) is 5.71 Å². The summed E-state index contributed by atoms with van der Waals surface area (Å²) in [7, 11) is 0. The van der Waals surface area contributed by atoms with Crippen LogP contribution in [0.25, 0.3) is 0 Å². The van der Waals surface area contributed by atoms with Crippen LogP contribution >= 0.6 is 0 Å². The molecule has 1 nitrogen and oxygen atoms in total. The number of hydrogen-bond acceptors (Lipinski definition) is 1. The molecule has 0 saturated carbocycles. The van der Waals surface area contributed by atoms with Gasteiger partial charge >= 0.3 is 0 Å². The summed E-state index contributed by atoms with van der Waals surface area (Å²) < 4.78 is 0. The van der Waals surface area contributed by atoms with E-state index in [1.165, 1.54) is 11.1 Å². The van der Waals surface area contributed by atoms with Gasteiger partial charge in [-0.05, 0) is 19.9 Å². The van der Waals surface area contributed by atoms with Crippen molar-refractivity contribution in [1.82, 2.24) is 0 Å². The van der Waals surface area contributed by atoms with Crippen LogP contribution in [-0.2, 0) is 0 Å². The molecule has 0 amide bonds. The van der Waals surface area contributed by atoms with Gasteiger partial charge < -0.3 is 0 Å². The summed E-state index contributed by atoms with van der Waals surface area (Å²) in [6.07, 6.45) is 0. The second-order valence-electron chi connectivity index (χ2n) is 4.11. The predicted molar refractivity (Wildman–Crippen MR) is 68.3 cm³/mol. The Kier molecular flexibility index (Phi) is 2.86. The SMILES string of the molecule is Cc1ccc(C(=N)c2cccc(C)c2)cc1. The van der Waals surface area contributed by atoms with E-state index in [2.05, 4.69) is 6.92 Å². The molecule has 0 radical (unpaired) electrons. The van der Waals surface area contributed by atoms with Crippen molar-refractivity contribution in [2.75, 3.05) is 0 Å². The fraction of sp³-hybridized carbons (Fsp3) is 0.133. The van der Waals surface area contributed by atoms with E-state index in [1.54, 1.807) is 0 Å². The fourth-order valence-corrected chi connectivity index (χ4v) is 1.69. The lowest BCUT2D eigenvalue weighted by molar-refractivity contribution is 1.40. The van der Waals surface area contributed by atoms with Crippen molar-refractivity contribution in [2.24, 2.45) is 0 Å². The first-order chi connectivity index (χ1) is 7.66. The van der Waals surface area contributed by atoms with Gasteiger partial charge in [0.1, 0.15) is 0 Å². The van der Waals surface area contributed by atoms with Crippen molar-refractivity contribution in [3.8, 4) is 0 Å². The van der Waals surface area contributed by atoms with E-state index in [-0.39, 0.29) is 0 Å². The van der Waals surface area contributed by atoms with Crippen molar-refractivity contribution >= 4 is 5.71 Å². The molecule has 1 heteroatoms. The van der Waals surface area contributed by atoms with E-state index < -0.39 is 0 Å². The van der Waals surface area contributed by atoms with Gasteiger partial charge in [0, 0.05) is 11.1 Å². The molecule has 2 aromatic carbocycles. The molecule has 0 bridgehead atoms. The fourth-order valence-electron chi connectivity index (χ4n) is 1.69. The van der Waals surface area contributed by atoms with Crippen molar-refractivity contribution in [3.05, 3.63) is 70.8 Å². The molecule has 2 rings (SSSR count). The van der Waals surface area contributed by atoms with Crippen LogP contribution in [0.3, 0.4) is 0 Å². The second-order valence-corrected chi connectivity index (χ2v) is 4.11. The number of nitrogens with one attached hydrogen (secondary N) is 1. The number of aryl methyl sites for hydroxylation is 2. The highest BCUT2D eigenvalue weighted by Crippen LogP contribution is 2.12. The molecule has 0 atom stereocenters. The van der Waals surface area contributed by atoms with Gasteiger partial charge in [-0.3, -0.25) is 5.41 Å². The summed E-state index contributed by atoms with van der Waals surface area (Å²) >= 11 is 0. The summed E-state index contributed by atoms with van der Waals surface area (Å²) in [5.41, 5.74) is 4.94. The third kappa shape index (κ3) is 2.19. The summed E-state index contributed by atoms with van der Waals surface area (Å²) in [6.45, 7) is 4.10. The van der Waals surface area contributed by atoms with Crippen LogP contribution < -0.4 is 0 Å². The molecule has 0 aliphatic heterocycles. The average Bonchev–Trinajstić information content (AvgIpc) is 2.29. The van der Waals surface area contributed by atoms with Gasteiger partial charge in [-0.1, -0.05) is 53.6 Å². The van der Waals surface area contributed by atoms with Crippen molar-refractivity contribution < 1.29 is 0 Å². The third-order valence-corrected chi connectivity index (χ3v) is 2.65. The van der Waals surface area contributed by atoms with Crippen LogP contribution in [0.15, 0.2) is 48.5 Å². The minimum absolute atomic E-state index is 0.587. The van der Waals surface area contributed by atoms with E-state index in [1.807, 2.05) is 55.5 Å². The Bertz CT molecular complexity index is 509. The van der Waals surface area contributed by atoms with E-state index in [0.29, 0.717) is 5.71 Å². The Morgan fingerprint density at radius 2 is 1.50 bits per heavy atom. The molecule has 0 aliphatic rings. The molecule has 0 heterocycles. The van der Waals surface area contributed by atoms with E-state index >= 15 is 0 Å². The molecule has 0 unspecified atom stereocenters. The zero-order chi connectivity index (χ0) is 11.5. The highest BCUT2D eigenvalue weighted by molar-refractivity contribution is 6.10. The third-order valence-electron chi connectivity index (χ3n) is 2.65. The minimum atomic E-state index is 0.587. The van der Waals surface area contributed by atoms with Crippen LogP contribution in [0, 0.1) is 19.3 Å². The monoisotopic (exact) mass is 209 g/mol. The zero-order valence-corrected chi connectivity index (χ0v) is 9.62. The summed E-state index contributed by atoms with van der Waals surface area (Å²) in [6, 6.07) is 16.1. The quantitative estimate of drug-likeness (QED) is 0.729. The van der Waals surface area contributed by atoms with E-state index in [4.69, 9.17) is 5.41 Å². The first kappa shape index (κ1) is 10.6. The average molecular weight is 209 g/mol. The Hall–Kier alpha value is -1.89. The van der Waals surface area contributed by atoms with E-state index in [9.17, 15) is 0 Å². The lowest BCUT2D eigenvalue weighted by Gasteiger charge is -2.05. The normalized spacial score (nSPS) is 10.1. The largest absolute Gasteiger partial charge is 0.300 e. The first-order valence-electron chi connectivity index (χ1n) is 5.39. The van der Waals surface area contributed by atoms with E-state index in [0.717, 1.165) is 11.1 Å². The molecular formula is C15H15N. The maximum Gasteiger partial charge on any atom is 0.0684 e. The Morgan fingerprint density at radius 1 is 0.812 bits per heavy atom. The molecule has 0 saturated heterocycles. The molecule has 80 valence electrons. The van der Waals surface area contributed by atoms with Crippen LogP contribution in [0.5, 0.6) is 0 Å². The Balaban J connectivity index is 2.35. The molecule has 0 spiro atoms. The van der Waals surface area contributed by atoms with Gasteiger partial charge in [-0.15, -0.1) is 0 Å². The predicted octanol–water partition coefficient (Wildman–Crippen LogP) is 3.72. The van der Waals surface area contributed by atoms with Crippen molar-refractivity contribution in [2.45, 2.75) is 13.8 Å². The molecular weight excluding hydrogens is 194 g/mol. The topological polar surface area (TPSA) is 23.9 Å². The summed E-state index contributed by atoms with van der Waals surface area (Å²) in [4.78, 5) is 0. The lowest BCUT2D eigenvalue weighted by Crippen LogP contribution is -2.01. The molecule has 2 aromatic rings. The van der Waals surface area contributed by atoms with Crippen LogP contribution in [0.4, 0.5) is 0 Å². The number of rotatable bonds is 2. The molecule has 1 N–H and O–H groups in total. The standard InChI is InChI=1S/C15H15N/c1-11-6-8-13(9-7-11)15(16)14-5-3-4-12(2)10-14/h3-10,16H,1-2H3. The van der Waals surface area contributed by atoms with Gasteiger partial charge in [-0.25, -0.2) is 0 Å². The summed E-state index contributed by atoms with van der Waals surface area (Å²) in [5, 5.41) is 8.14. The molecule has 0 aliphatic carbocycles. The Morgan fingerprint density at radius 3 is 2.12 bits per heavy atom. The molecule has 0 aromatic heterocycles. The van der Waals surface area contributed by atoms with Crippen molar-refractivity contribution in [1.29, 1.82) is 5.41 Å². The highest BCUT2D eigenvalue weighted by Gasteiger charge is 2.03. The second kappa shape index (κ2) is 4.31. The maximum absolute atomic E-state index is 8.14. The lowest BCUT2D eigenvalue weighted by atomic mass is 10.0. The highest BCUT2D eigenvalue weighted by atomic mass is 14.4. The smallest absolute Gasteiger partial charge is 0.0684 e. The maximum atomic E-state index is 8.14. The first-order valence-corrected chi connectivity index (χ1v) is 5.39. The zero-order valence-electron chi connectivity index (χ0n) is 9.62. The van der Waals surface area contributed by atoms with Gasteiger partial charge in [0.2, 0.25) is 0 Å². The van der Waals surface area contributed by atoms with Crippen LogP contribution in [0.2, 0.25) is 0 Å². The van der Waals surface area contributed by atoms with Crippen LogP contribution in [0.1, 0.15) is 22.3 Å². The van der Waals surface area contributed by atoms with Crippen molar-refractivity contribution in [3.63, 3.8) is 0 Å². The van der Waals surface area contributed by atoms with Gasteiger partial charge in [0.05, 0.1) is 5.71 Å². The van der Waals surface area contributed by atoms with Gasteiger partial charge in [0.15, 0.2) is 0 Å². The number of benzene rings is 2. The summed E-state index contributed by atoms with van der Waals surface area (Å²) in [5.74, 6) is 0. The minimum Gasteiger partial charge on any atom is -0.300 e. The molecule has 0 fully saturated rings. The van der Waals surface area contributed by atoms with Gasteiger partial charge in [0.25, 0.3) is 0 Å². The number of hydrogen-bond donors (Lipinski definition) is 1. The van der Waals surface area contributed by atoms with Gasteiger partial charge in [-0.2, -0.15) is 0 Å². The molecule has 16 heavy (non-hydrogen) atoms. The Labute approximate surface area is 96.3 Å².